The summed E-state index contributed by atoms with van der Waals surface area (Å²) in [5.41, 5.74) is 0.655. The lowest BCUT2D eigenvalue weighted by Gasteiger charge is -2.03. The predicted molar refractivity (Wildman–Crippen MR) is 61.5 cm³/mol. The van der Waals surface area contributed by atoms with Crippen LogP contribution in [0.5, 0.6) is 0 Å². The molecule has 0 radical (unpaired) electrons. The van der Waals surface area contributed by atoms with Gasteiger partial charge in [-0.05, 0) is 25.4 Å². The Balaban J connectivity index is 2.91. The second kappa shape index (κ2) is 5.39. The first-order valence-electron chi connectivity index (χ1n) is 4.20. The minimum Gasteiger partial charge on any atom is -0.313 e. The van der Waals surface area contributed by atoms with Gasteiger partial charge in [0.05, 0.1) is 11.6 Å². The molecule has 0 aliphatic heterocycles. The topological polar surface area (TPSA) is 29.1 Å². The summed E-state index contributed by atoms with van der Waals surface area (Å²) in [5, 5.41) is 3.45. The fourth-order valence-electron chi connectivity index (χ4n) is 1.10. The van der Waals surface area contributed by atoms with Crippen LogP contribution in [0.2, 0.25) is 5.02 Å². The number of rotatable bonds is 4. The number of Topliss-reactive ketones (excluding diaryl/α,β-unsaturated/α-hetero) is 1. The number of benzene rings is 1. The summed E-state index contributed by atoms with van der Waals surface area (Å²) in [6.45, 7) is 0.342. The Morgan fingerprint density at radius 3 is 2.79 bits per heavy atom. The zero-order valence-corrected chi connectivity index (χ0v) is 9.71. The predicted octanol–water partition coefficient (Wildman–Crippen LogP) is 2.46. The van der Waals surface area contributed by atoms with E-state index < -0.39 is 0 Å². The number of carbonyl (C=O) groups is 1. The summed E-state index contributed by atoms with van der Waals surface area (Å²) in [6.07, 6.45) is 1.95. The molecule has 0 fully saturated rings. The summed E-state index contributed by atoms with van der Waals surface area (Å²) in [4.78, 5) is 12.5. The number of halogens is 1. The van der Waals surface area contributed by atoms with Crippen molar-refractivity contribution in [3.05, 3.63) is 28.8 Å². The summed E-state index contributed by atoms with van der Waals surface area (Å²) in [7, 11) is 1.75. The highest BCUT2D eigenvalue weighted by Crippen LogP contribution is 2.25. The van der Waals surface area contributed by atoms with Crippen molar-refractivity contribution in [2.45, 2.75) is 4.90 Å². The van der Waals surface area contributed by atoms with Gasteiger partial charge in [-0.15, -0.1) is 11.8 Å². The van der Waals surface area contributed by atoms with Gasteiger partial charge in [0.25, 0.3) is 0 Å². The van der Waals surface area contributed by atoms with E-state index in [1.807, 2.05) is 12.3 Å². The number of likely N-dealkylation sites (N-methyl/N-ethyl adjacent to an activating group) is 1. The molecule has 0 spiro atoms. The van der Waals surface area contributed by atoms with Crippen molar-refractivity contribution in [1.29, 1.82) is 0 Å². The summed E-state index contributed by atoms with van der Waals surface area (Å²) in [6, 6.07) is 5.39. The first-order chi connectivity index (χ1) is 6.69. The first kappa shape index (κ1) is 11.6. The molecule has 0 heterocycles. The molecule has 0 aromatic heterocycles. The van der Waals surface area contributed by atoms with Gasteiger partial charge in [-0.2, -0.15) is 0 Å². The zero-order chi connectivity index (χ0) is 10.6. The highest BCUT2D eigenvalue weighted by molar-refractivity contribution is 7.98. The maximum absolute atomic E-state index is 11.5. The van der Waals surface area contributed by atoms with E-state index >= 15 is 0 Å². The lowest BCUT2D eigenvalue weighted by molar-refractivity contribution is 0.0993. The number of carbonyl (C=O) groups excluding carboxylic acids is 1. The van der Waals surface area contributed by atoms with E-state index in [1.165, 1.54) is 0 Å². The van der Waals surface area contributed by atoms with Gasteiger partial charge in [0.1, 0.15) is 0 Å². The smallest absolute Gasteiger partial charge is 0.176 e. The van der Waals surface area contributed by atoms with Gasteiger partial charge < -0.3 is 5.32 Å². The Labute approximate surface area is 93.0 Å². The van der Waals surface area contributed by atoms with Crippen molar-refractivity contribution in [2.75, 3.05) is 19.8 Å². The van der Waals surface area contributed by atoms with Crippen LogP contribution in [-0.2, 0) is 0 Å². The molecule has 0 saturated carbocycles. The molecule has 2 nitrogen and oxygen atoms in total. The average Bonchev–Trinajstić information content (AvgIpc) is 2.18. The largest absolute Gasteiger partial charge is 0.313 e. The van der Waals surface area contributed by atoms with Crippen LogP contribution in [0.1, 0.15) is 10.4 Å². The van der Waals surface area contributed by atoms with Crippen LogP contribution in [0.3, 0.4) is 0 Å². The Morgan fingerprint density at radius 2 is 2.29 bits per heavy atom. The van der Waals surface area contributed by atoms with Gasteiger partial charge in [0.2, 0.25) is 0 Å². The number of hydrogen-bond donors (Lipinski definition) is 1. The quantitative estimate of drug-likeness (QED) is 0.635. The van der Waals surface area contributed by atoms with Crippen molar-refractivity contribution >= 4 is 29.1 Å². The van der Waals surface area contributed by atoms with Crippen LogP contribution in [0, 0.1) is 0 Å². The van der Waals surface area contributed by atoms with Crippen LogP contribution in [-0.4, -0.2) is 25.6 Å². The summed E-state index contributed by atoms with van der Waals surface area (Å²) >= 11 is 7.55. The number of nitrogens with one attached hydrogen (secondary N) is 1. The van der Waals surface area contributed by atoms with Gasteiger partial charge >= 0.3 is 0 Å². The van der Waals surface area contributed by atoms with E-state index in [0.29, 0.717) is 17.1 Å². The molecule has 14 heavy (non-hydrogen) atoms. The molecule has 0 saturated heterocycles. The van der Waals surface area contributed by atoms with Crippen LogP contribution >= 0.6 is 23.4 Å². The van der Waals surface area contributed by atoms with Crippen molar-refractivity contribution < 1.29 is 4.79 Å². The Kier molecular flexibility index (Phi) is 4.45. The second-order valence-electron chi connectivity index (χ2n) is 2.80. The lowest BCUT2D eigenvalue weighted by atomic mass is 10.1. The van der Waals surface area contributed by atoms with Crippen LogP contribution in [0.25, 0.3) is 0 Å². The van der Waals surface area contributed by atoms with Crippen molar-refractivity contribution in [3.63, 3.8) is 0 Å². The monoisotopic (exact) mass is 229 g/mol. The van der Waals surface area contributed by atoms with Crippen LogP contribution in [0.4, 0.5) is 0 Å². The van der Waals surface area contributed by atoms with E-state index in [9.17, 15) is 4.79 Å². The molecule has 4 heteroatoms. The molecule has 0 atom stereocenters. The minimum absolute atomic E-state index is 0.0575. The Bertz CT molecular complexity index is 341. The molecule has 1 N–H and O–H groups in total. The lowest BCUT2D eigenvalue weighted by Crippen LogP contribution is -2.18. The van der Waals surface area contributed by atoms with Crippen LogP contribution < -0.4 is 5.32 Å². The maximum atomic E-state index is 11.5. The van der Waals surface area contributed by atoms with Gasteiger partial charge in [-0.25, -0.2) is 0 Å². The van der Waals surface area contributed by atoms with E-state index in [-0.39, 0.29) is 5.78 Å². The minimum atomic E-state index is 0.0575. The molecule has 0 amide bonds. The maximum Gasteiger partial charge on any atom is 0.176 e. The molecule has 76 valence electrons. The molecule has 0 unspecified atom stereocenters. The standard InChI is InChI=1S/C10H12ClNOS/c1-12-6-9(13)7-3-4-10(14-2)8(11)5-7/h3-5,12H,6H2,1-2H3. The summed E-state index contributed by atoms with van der Waals surface area (Å²) < 4.78 is 0. The average molecular weight is 230 g/mol. The third-order valence-corrected chi connectivity index (χ3v) is 3.03. The van der Waals surface area contributed by atoms with Crippen molar-refractivity contribution in [1.82, 2.24) is 5.32 Å². The Morgan fingerprint density at radius 1 is 1.57 bits per heavy atom. The van der Waals surface area contributed by atoms with Crippen LogP contribution in [0.15, 0.2) is 23.1 Å². The first-order valence-corrected chi connectivity index (χ1v) is 5.80. The fourth-order valence-corrected chi connectivity index (χ4v) is 1.97. The molecule has 1 aromatic carbocycles. The number of hydrogen-bond acceptors (Lipinski definition) is 3. The summed E-state index contributed by atoms with van der Waals surface area (Å²) in [5.74, 6) is 0.0575. The van der Waals surface area contributed by atoms with E-state index in [1.54, 1.807) is 30.9 Å². The third-order valence-electron chi connectivity index (χ3n) is 1.81. The van der Waals surface area contributed by atoms with Gasteiger partial charge in [0.15, 0.2) is 5.78 Å². The van der Waals surface area contributed by atoms with Crippen molar-refractivity contribution in [3.8, 4) is 0 Å². The highest BCUT2D eigenvalue weighted by Gasteiger charge is 2.06. The molecule has 0 bridgehead atoms. The van der Waals surface area contributed by atoms with E-state index in [0.717, 1.165) is 4.90 Å². The molecular formula is C10H12ClNOS. The fraction of sp³-hybridized carbons (Fsp3) is 0.300. The van der Waals surface area contributed by atoms with E-state index in [4.69, 9.17) is 11.6 Å². The normalized spacial score (nSPS) is 10.2. The van der Waals surface area contributed by atoms with Gasteiger partial charge in [0, 0.05) is 10.5 Å². The molecule has 0 aliphatic carbocycles. The molecular weight excluding hydrogens is 218 g/mol. The number of ketones is 1. The van der Waals surface area contributed by atoms with Gasteiger partial charge in [-0.1, -0.05) is 17.7 Å². The SMILES string of the molecule is CNCC(=O)c1ccc(SC)c(Cl)c1. The molecule has 1 rings (SSSR count). The van der Waals surface area contributed by atoms with E-state index in [2.05, 4.69) is 5.32 Å². The van der Waals surface area contributed by atoms with Crippen molar-refractivity contribution in [2.24, 2.45) is 0 Å². The molecule has 0 aliphatic rings. The zero-order valence-electron chi connectivity index (χ0n) is 8.13. The number of thioether (sulfide) groups is 1. The second-order valence-corrected chi connectivity index (χ2v) is 4.06. The third kappa shape index (κ3) is 2.74. The molecule has 1 aromatic rings. The Hall–Kier alpha value is -0.510. The van der Waals surface area contributed by atoms with Gasteiger partial charge in [-0.3, -0.25) is 4.79 Å². The highest BCUT2D eigenvalue weighted by atomic mass is 35.5.